The van der Waals surface area contributed by atoms with Gasteiger partial charge in [0.25, 0.3) is 0 Å². The van der Waals surface area contributed by atoms with E-state index in [0.29, 0.717) is 6.42 Å². The van der Waals surface area contributed by atoms with Crippen molar-refractivity contribution in [2.45, 2.75) is 31.5 Å². The Bertz CT molecular complexity index is 143. The predicted molar refractivity (Wildman–Crippen MR) is 46.1 cm³/mol. The van der Waals surface area contributed by atoms with Crippen LogP contribution in [0.3, 0.4) is 0 Å². The molecule has 0 aliphatic rings. The second-order valence-corrected chi connectivity index (χ2v) is 4.61. The number of alkyl halides is 2. The first-order valence-electron chi connectivity index (χ1n) is 3.33. The molecule has 0 saturated carbocycles. The maximum atomic E-state index is 10.3. The molecule has 2 nitrogen and oxygen atoms in total. The van der Waals surface area contributed by atoms with Gasteiger partial charge in [0.15, 0.2) is 0 Å². The topological polar surface area (TPSA) is 37.3 Å². The number of rotatable bonds is 4. The molecular weight excluding hydrogens is 187 g/mol. The molecule has 0 amide bonds. The molecule has 11 heavy (non-hydrogen) atoms. The highest BCUT2D eigenvalue weighted by molar-refractivity contribution is 6.44. The first kappa shape index (κ1) is 11.1. The average Bonchev–Trinajstić information content (AvgIpc) is 1.53. The van der Waals surface area contributed by atoms with Crippen molar-refractivity contribution >= 4 is 29.2 Å². The van der Waals surface area contributed by atoms with Gasteiger partial charge < -0.3 is 5.11 Å². The van der Waals surface area contributed by atoms with E-state index < -0.39 is 10.8 Å². The lowest BCUT2D eigenvalue weighted by Gasteiger charge is -2.22. The van der Waals surface area contributed by atoms with Crippen LogP contribution in [0.15, 0.2) is 0 Å². The monoisotopic (exact) mass is 198 g/mol. The molecule has 0 heterocycles. The van der Waals surface area contributed by atoms with Crippen molar-refractivity contribution in [1.82, 2.24) is 0 Å². The number of aliphatic carboxylic acids is 1. The van der Waals surface area contributed by atoms with Crippen LogP contribution in [-0.4, -0.2) is 15.9 Å². The van der Waals surface area contributed by atoms with E-state index in [1.807, 2.05) is 13.8 Å². The molecule has 0 spiro atoms. The van der Waals surface area contributed by atoms with E-state index in [9.17, 15) is 4.79 Å². The van der Waals surface area contributed by atoms with E-state index in [2.05, 4.69) is 0 Å². The molecule has 0 fully saturated rings. The van der Waals surface area contributed by atoms with E-state index in [-0.39, 0.29) is 11.8 Å². The zero-order chi connectivity index (χ0) is 9.07. The second-order valence-electron chi connectivity index (χ2n) is 3.33. The fraction of sp³-hybridized carbons (Fsp3) is 0.857. The Morgan fingerprint density at radius 1 is 1.55 bits per heavy atom. The van der Waals surface area contributed by atoms with Crippen molar-refractivity contribution in [2.75, 3.05) is 0 Å². The Morgan fingerprint density at radius 2 is 2.00 bits per heavy atom. The zero-order valence-electron chi connectivity index (χ0n) is 6.60. The summed E-state index contributed by atoms with van der Waals surface area (Å²) in [5, 5.41) is 8.48. The van der Waals surface area contributed by atoms with Crippen LogP contribution in [0.1, 0.15) is 26.7 Å². The molecule has 1 N–H and O–H groups in total. The molecule has 0 bridgehead atoms. The van der Waals surface area contributed by atoms with Gasteiger partial charge in [-0.2, -0.15) is 0 Å². The van der Waals surface area contributed by atoms with Crippen LogP contribution in [0, 0.1) is 5.41 Å². The summed E-state index contributed by atoms with van der Waals surface area (Å²) in [5.41, 5.74) is -0.319. The standard InChI is InChI=1S/C7H12Cl2O2/c1-7(2,3-5(8)9)4-6(10)11/h5H,3-4H2,1-2H3,(H,10,11). The van der Waals surface area contributed by atoms with Gasteiger partial charge in [0.2, 0.25) is 0 Å². The maximum Gasteiger partial charge on any atom is 0.303 e. The molecule has 0 aromatic carbocycles. The number of hydrogen-bond acceptors (Lipinski definition) is 1. The summed E-state index contributed by atoms with van der Waals surface area (Å²) in [6.45, 7) is 3.66. The summed E-state index contributed by atoms with van der Waals surface area (Å²) in [4.78, 5) is 9.83. The molecule has 4 heteroatoms. The SMILES string of the molecule is CC(C)(CC(=O)O)CC(Cl)Cl. The first-order chi connectivity index (χ1) is 4.83. The Labute approximate surface area is 76.5 Å². The van der Waals surface area contributed by atoms with Gasteiger partial charge >= 0.3 is 5.97 Å². The molecule has 0 saturated heterocycles. The maximum absolute atomic E-state index is 10.3. The Balaban J connectivity index is 3.89. The predicted octanol–water partition coefficient (Wildman–Crippen LogP) is 2.68. The summed E-state index contributed by atoms with van der Waals surface area (Å²) in [6.07, 6.45) is 0.603. The second kappa shape index (κ2) is 4.17. The summed E-state index contributed by atoms with van der Waals surface area (Å²) in [7, 11) is 0. The van der Waals surface area contributed by atoms with Crippen molar-refractivity contribution < 1.29 is 9.90 Å². The number of carbonyl (C=O) groups is 1. The Morgan fingerprint density at radius 3 is 2.27 bits per heavy atom. The summed E-state index contributed by atoms with van der Waals surface area (Å²) in [6, 6.07) is 0. The molecular formula is C7H12Cl2O2. The lowest BCUT2D eigenvalue weighted by atomic mass is 9.86. The van der Waals surface area contributed by atoms with E-state index in [1.165, 1.54) is 0 Å². The van der Waals surface area contributed by atoms with Gasteiger partial charge in [0, 0.05) is 0 Å². The number of hydrogen-bond donors (Lipinski definition) is 1. The molecule has 0 rings (SSSR count). The Kier molecular flexibility index (Phi) is 4.19. The van der Waals surface area contributed by atoms with E-state index in [0.717, 1.165) is 0 Å². The zero-order valence-corrected chi connectivity index (χ0v) is 8.11. The van der Waals surface area contributed by atoms with E-state index >= 15 is 0 Å². The largest absolute Gasteiger partial charge is 0.481 e. The summed E-state index contributed by atoms with van der Waals surface area (Å²) < 4.78 is 0. The van der Waals surface area contributed by atoms with Crippen molar-refractivity contribution in [3.63, 3.8) is 0 Å². The highest BCUT2D eigenvalue weighted by atomic mass is 35.5. The number of halogens is 2. The van der Waals surface area contributed by atoms with Crippen LogP contribution in [-0.2, 0) is 4.79 Å². The fourth-order valence-corrected chi connectivity index (χ4v) is 1.73. The van der Waals surface area contributed by atoms with Crippen LogP contribution in [0.5, 0.6) is 0 Å². The highest BCUT2D eigenvalue weighted by Gasteiger charge is 2.24. The van der Waals surface area contributed by atoms with E-state index in [1.54, 1.807) is 0 Å². The van der Waals surface area contributed by atoms with Crippen molar-refractivity contribution in [2.24, 2.45) is 5.41 Å². The van der Waals surface area contributed by atoms with Gasteiger partial charge in [0.1, 0.15) is 4.84 Å². The molecule has 0 aliphatic heterocycles. The number of carboxylic acid groups (broad SMARTS) is 1. The number of carboxylic acids is 1. The summed E-state index contributed by atoms with van der Waals surface area (Å²) in [5.74, 6) is -0.816. The average molecular weight is 199 g/mol. The quantitative estimate of drug-likeness (QED) is 0.706. The summed E-state index contributed by atoms with van der Waals surface area (Å²) >= 11 is 11.0. The molecule has 66 valence electrons. The van der Waals surface area contributed by atoms with Crippen LogP contribution in [0.25, 0.3) is 0 Å². The van der Waals surface area contributed by atoms with Gasteiger partial charge in [-0.25, -0.2) is 0 Å². The fourth-order valence-electron chi connectivity index (χ4n) is 0.899. The van der Waals surface area contributed by atoms with Gasteiger partial charge in [0.05, 0.1) is 6.42 Å². The third kappa shape index (κ3) is 6.45. The normalized spacial score (nSPS) is 12.1. The van der Waals surface area contributed by atoms with Crippen molar-refractivity contribution in [1.29, 1.82) is 0 Å². The highest BCUT2D eigenvalue weighted by Crippen LogP contribution is 2.29. The molecule has 0 unspecified atom stereocenters. The first-order valence-corrected chi connectivity index (χ1v) is 4.21. The van der Waals surface area contributed by atoms with Crippen molar-refractivity contribution in [3.05, 3.63) is 0 Å². The smallest absolute Gasteiger partial charge is 0.303 e. The lowest BCUT2D eigenvalue weighted by Crippen LogP contribution is -2.19. The van der Waals surface area contributed by atoms with E-state index in [4.69, 9.17) is 28.3 Å². The van der Waals surface area contributed by atoms with Crippen molar-refractivity contribution in [3.8, 4) is 0 Å². The lowest BCUT2D eigenvalue weighted by molar-refractivity contribution is -0.139. The van der Waals surface area contributed by atoms with Gasteiger partial charge in [-0.1, -0.05) is 13.8 Å². The molecule has 0 aliphatic carbocycles. The van der Waals surface area contributed by atoms with Gasteiger partial charge in [-0.3, -0.25) is 4.79 Å². The molecule has 0 radical (unpaired) electrons. The van der Waals surface area contributed by atoms with Gasteiger partial charge in [-0.15, -0.1) is 23.2 Å². The minimum atomic E-state index is -0.816. The Hall–Kier alpha value is 0.0500. The third-order valence-corrected chi connectivity index (χ3v) is 1.65. The van der Waals surface area contributed by atoms with Crippen LogP contribution in [0.2, 0.25) is 0 Å². The van der Waals surface area contributed by atoms with Crippen LogP contribution >= 0.6 is 23.2 Å². The van der Waals surface area contributed by atoms with Crippen LogP contribution in [0.4, 0.5) is 0 Å². The molecule has 0 aromatic heterocycles. The molecule has 0 aromatic rings. The van der Waals surface area contributed by atoms with Crippen LogP contribution < -0.4 is 0 Å². The third-order valence-electron chi connectivity index (χ3n) is 1.34. The molecule has 0 atom stereocenters. The van der Waals surface area contributed by atoms with Gasteiger partial charge in [-0.05, 0) is 11.8 Å². The minimum Gasteiger partial charge on any atom is -0.481 e. The minimum absolute atomic E-state index is 0.100.